The molecule has 1 unspecified atom stereocenters. The number of hydrogen-bond acceptors (Lipinski definition) is 5. The van der Waals surface area contributed by atoms with Gasteiger partial charge in [0.15, 0.2) is 0 Å². The summed E-state index contributed by atoms with van der Waals surface area (Å²) in [5.41, 5.74) is 4.69. The van der Waals surface area contributed by atoms with Crippen molar-refractivity contribution in [3.05, 3.63) is 89.2 Å². The summed E-state index contributed by atoms with van der Waals surface area (Å²) in [6.07, 6.45) is -0.578. The second-order valence-corrected chi connectivity index (χ2v) is 8.25. The van der Waals surface area contributed by atoms with E-state index in [2.05, 4.69) is 20.3 Å². The molecule has 8 heteroatoms. The number of nitrogens with one attached hydrogen (secondary N) is 2. The molecule has 3 aromatic carbocycles. The van der Waals surface area contributed by atoms with Crippen LogP contribution in [0.15, 0.2) is 71.7 Å². The topological polar surface area (TPSA) is 83.0 Å². The number of amides is 2. The van der Waals surface area contributed by atoms with Crippen molar-refractivity contribution in [2.24, 2.45) is 4.99 Å². The van der Waals surface area contributed by atoms with Crippen LogP contribution in [0.3, 0.4) is 0 Å². The molecular formula is C26H25FN4O3. The van der Waals surface area contributed by atoms with Gasteiger partial charge in [0.05, 0.1) is 18.5 Å². The molecule has 1 atom stereocenters. The van der Waals surface area contributed by atoms with E-state index in [0.29, 0.717) is 33.9 Å². The third-order valence-corrected chi connectivity index (χ3v) is 5.42. The normalized spacial score (nSPS) is 15.1. The van der Waals surface area contributed by atoms with E-state index < -0.39 is 17.8 Å². The fourth-order valence-electron chi connectivity index (χ4n) is 3.88. The van der Waals surface area contributed by atoms with Crippen molar-refractivity contribution < 1.29 is 18.7 Å². The summed E-state index contributed by atoms with van der Waals surface area (Å²) < 4.78 is 18.4. The Balaban J connectivity index is 1.75. The molecule has 0 bridgehead atoms. The van der Waals surface area contributed by atoms with Gasteiger partial charge in [-0.3, -0.25) is 15.1 Å². The Morgan fingerprint density at radius 1 is 1.09 bits per heavy atom. The summed E-state index contributed by atoms with van der Waals surface area (Å²) in [6, 6.07) is 19.0. The molecule has 2 amide bonds. The summed E-state index contributed by atoms with van der Waals surface area (Å²) in [5.74, 6) is -1.41. The highest BCUT2D eigenvalue weighted by atomic mass is 19.1. The van der Waals surface area contributed by atoms with E-state index >= 15 is 0 Å². The summed E-state index contributed by atoms with van der Waals surface area (Å²) in [5, 5.41) is 5.36. The van der Waals surface area contributed by atoms with Crippen LogP contribution >= 0.6 is 0 Å². The summed E-state index contributed by atoms with van der Waals surface area (Å²) in [4.78, 5) is 31.4. The minimum atomic E-state index is -0.712. The van der Waals surface area contributed by atoms with E-state index in [-0.39, 0.29) is 5.91 Å². The molecule has 4 rings (SSSR count). The molecule has 0 spiro atoms. The van der Waals surface area contributed by atoms with Gasteiger partial charge in [0, 0.05) is 17.9 Å². The maximum Gasteiger partial charge on any atom is 0.411 e. The Morgan fingerprint density at radius 3 is 2.44 bits per heavy atom. The molecule has 2 N–H and O–H groups in total. The lowest BCUT2D eigenvalue weighted by Gasteiger charge is -2.15. The third-order valence-electron chi connectivity index (χ3n) is 5.42. The SMILES string of the molecule is COC(=O)Nc1ccc(C(=Nc2ccc(CN(C)C)cc2)C2C(=O)Nc3cc(F)ccc32)cc1. The van der Waals surface area contributed by atoms with Gasteiger partial charge in [-0.15, -0.1) is 0 Å². The number of hydrogen-bond donors (Lipinski definition) is 2. The number of anilines is 2. The predicted octanol–water partition coefficient (Wildman–Crippen LogP) is 4.92. The first-order chi connectivity index (χ1) is 16.3. The lowest BCUT2D eigenvalue weighted by atomic mass is 9.90. The summed E-state index contributed by atoms with van der Waals surface area (Å²) in [6.45, 7) is 0.801. The van der Waals surface area contributed by atoms with E-state index in [4.69, 9.17) is 4.99 Å². The van der Waals surface area contributed by atoms with Crippen molar-refractivity contribution in [2.75, 3.05) is 31.8 Å². The van der Waals surface area contributed by atoms with Crippen LogP contribution in [-0.4, -0.2) is 43.8 Å². The fraction of sp³-hybridized carbons (Fsp3) is 0.192. The first-order valence-electron chi connectivity index (χ1n) is 10.7. The lowest BCUT2D eigenvalue weighted by molar-refractivity contribution is -0.115. The number of halogens is 1. The molecule has 0 aromatic heterocycles. The molecule has 0 saturated heterocycles. The number of carbonyl (C=O) groups is 2. The molecule has 174 valence electrons. The van der Waals surface area contributed by atoms with Crippen LogP contribution < -0.4 is 10.6 Å². The minimum Gasteiger partial charge on any atom is -0.453 e. The number of rotatable bonds is 6. The van der Waals surface area contributed by atoms with Crippen molar-refractivity contribution in [1.29, 1.82) is 0 Å². The van der Waals surface area contributed by atoms with Crippen molar-refractivity contribution >= 4 is 34.8 Å². The zero-order valence-electron chi connectivity index (χ0n) is 19.1. The average Bonchev–Trinajstić information content (AvgIpc) is 3.13. The molecule has 0 saturated carbocycles. The van der Waals surface area contributed by atoms with Gasteiger partial charge in [-0.1, -0.05) is 30.3 Å². The van der Waals surface area contributed by atoms with Gasteiger partial charge in [0.25, 0.3) is 0 Å². The van der Waals surface area contributed by atoms with Gasteiger partial charge in [0.1, 0.15) is 11.7 Å². The first-order valence-corrected chi connectivity index (χ1v) is 10.7. The second kappa shape index (κ2) is 9.84. The van der Waals surface area contributed by atoms with Crippen LogP contribution in [0.25, 0.3) is 0 Å². The van der Waals surface area contributed by atoms with Gasteiger partial charge in [0.2, 0.25) is 5.91 Å². The molecule has 1 aliphatic heterocycles. The molecule has 7 nitrogen and oxygen atoms in total. The molecule has 3 aromatic rings. The van der Waals surface area contributed by atoms with E-state index in [1.54, 1.807) is 30.3 Å². The molecule has 0 fully saturated rings. The molecule has 0 aliphatic carbocycles. The molecule has 1 heterocycles. The van der Waals surface area contributed by atoms with Crippen LogP contribution in [0, 0.1) is 5.82 Å². The van der Waals surface area contributed by atoms with Crippen LogP contribution in [0.2, 0.25) is 0 Å². The Kier molecular flexibility index (Phi) is 6.70. The van der Waals surface area contributed by atoms with E-state index in [0.717, 1.165) is 12.1 Å². The maximum atomic E-state index is 13.8. The Labute approximate surface area is 197 Å². The average molecular weight is 461 g/mol. The lowest BCUT2D eigenvalue weighted by Crippen LogP contribution is -2.22. The highest BCUT2D eigenvalue weighted by Crippen LogP contribution is 2.37. The van der Waals surface area contributed by atoms with Crippen LogP contribution in [0.1, 0.15) is 22.6 Å². The standard InChI is InChI=1S/C26H25FN4O3/c1-31(2)15-16-4-9-19(10-5-16)28-24(17-6-11-20(12-7-17)29-26(33)34-3)23-21-13-8-18(27)14-22(21)30-25(23)32/h4-14,23H,15H2,1-3H3,(H,29,33)(H,30,32). The zero-order valence-corrected chi connectivity index (χ0v) is 19.1. The minimum absolute atomic E-state index is 0.277. The second-order valence-electron chi connectivity index (χ2n) is 8.25. The number of benzene rings is 3. The van der Waals surface area contributed by atoms with E-state index in [1.165, 1.54) is 19.2 Å². The number of fused-ring (bicyclic) bond motifs is 1. The maximum absolute atomic E-state index is 13.8. The van der Waals surface area contributed by atoms with Crippen LogP contribution in [0.4, 0.5) is 26.2 Å². The largest absolute Gasteiger partial charge is 0.453 e. The van der Waals surface area contributed by atoms with E-state index in [1.807, 2.05) is 38.4 Å². The zero-order chi connectivity index (χ0) is 24.2. The van der Waals surface area contributed by atoms with Crippen LogP contribution in [0.5, 0.6) is 0 Å². The van der Waals surface area contributed by atoms with Crippen molar-refractivity contribution in [3.8, 4) is 0 Å². The number of aliphatic imine (C=N–C) groups is 1. The van der Waals surface area contributed by atoms with Gasteiger partial charge in [-0.25, -0.2) is 9.18 Å². The van der Waals surface area contributed by atoms with Crippen molar-refractivity contribution in [1.82, 2.24) is 4.90 Å². The van der Waals surface area contributed by atoms with Crippen LogP contribution in [-0.2, 0) is 16.1 Å². The monoisotopic (exact) mass is 460 g/mol. The molecule has 34 heavy (non-hydrogen) atoms. The van der Waals surface area contributed by atoms with Gasteiger partial charge >= 0.3 is 6.09 Å². The Morgan fingerprint density at radius 2 is 1.79 bits per heavy atom. The number of ether oxygens (including phenoxy) is 1. The third kappa shape index (κ3) is 5.13. The van der Waals surface area contributed by atoms with Crippen molar-refractivity contribution in [3.63, 3.8) is 0 Å². The first kappa shape index (κ1) is 23.1. The summed E-state index contributed by atoms with van der Waals surface area (Å²) >= 11 is 0. The Hall–Kier alpha value is -4.04. The molecule has 0 radical (unpaired) electrons. The highest BCUT2D eigenvalue weighted by molar-refractivity contribution is 6.24. The molecule has 1 aliphatic rings. The summed E-state index contributed by atoms with van der Waals surface area (Å²) in [7, 11) is 5.29. The molecular weight excluding hydrogens is 435 g/mol. The number of methoxy groups -OCH3 is 1. The fourth-order valence-corrected chi connectivity index (χ4v) is 3.88. The van der Waals surface area contributed by atoms with Gasteiger partial charge < -0.3 is 15.0 Å². The van der Waals surface area contributed by atoms with Gasteiger partial charge in [-0.05, 0) is 67.2 Å². The van der Waals surface area contributed by atoms with Crippen molar-refractivity contribution in [2.45, 2.75) is 12.5 Å². The number of carbonyl (C=O) groups excluding carboxylic acids is 2. The quantitative estimate of drug-likeness (QED) is 0.512. The number of nitrogens with zero attached hydrogens (tertiary/aromatic N) is 2. The van der Waals surface area contributed by atoms with Gasteiger partial charge in [-0.2, -0.15) is 0 Å². The van der Waals surface area contributed by atoms with E-state index in [9.17, 15) is 14.0 Å². The highest BCUT2D eigenvalue weighted by Gasteiger charge is 2.35. The smallest absolute Gasteiger partial charge is 0.411 e. The Bertz CT molecular complexity index is 1240. The predicted molar refractivity (Wildman–Crippen MR) is 130 cm³/mol.